The lowest BCUT2D eigenvalue weighted by Gasteiger charge is -1.99. The average Bonchev–Trinajstić information content (AvgIpc) is 2.16. The SMILES string of the molecule is Cl.NNC=Nc1cc(C(=O)O)ccc1O. The minimum atomic E-state index is -1.08. The molecule has 15 heavy (non-hydrogen) atoms. The van der Waals surface area contributed by atoms with Crippen molar-refractivity contribution in [2.45, 2.75) is 0 Å². The van der Waals surface area contributed by atoms with Crippen LogP contribution in [0.1, 0.15) is 10.4 Å². The molecule has 82 valence electrons. The van der Waals surface area contributed by atoms with Gasteiger partial charge in [-0.25, -0.2) is 15.6 Å². The van der Waals surface area contributed by atoms with E-state index in [0.717, 1.165) is 6.34 Å². The van der Waals surface area contributed by atoms with Gasteiger partial charge in [0.05, 0.1) is 5.56 Å². The quantitative estimate of drug-likeness (QED) is 0.264. The highest BCUT2D eigenvalue weighted by Gasteiger charge is 2.06. The Labute approximate surface area is 91.8 Å². The van der Waals surface area contributed by atoms with E-state index in [1.807, 2.05) is 0 Å². The van der Waals surface area contributed by atoms with Crippen LogP contribution >= 0.6 is 12.4 Å². The summed E-state index contributed by atoms with van der Waals surface area (Å²) in [5, 5.41) is 17.9. The summed E-state index contributed by atoms with van der Waals surface area (Å²) < 4.78 is 0. The lowest BCUT2D eigenvalue weighted by Crippen LogP contribution is -2.18. The Kier molecular flexibility index (Phi) is 5.14. The van der Waals surface area contributed by atoms with E-state index in [4.69, 9.17) is 10.9 Å². The number of nitrogens with one attached hydrogen (secondary N) is 1. The lowest BCUT2D eigenvalue weighted by molar-refractivity contribution is 0.0697. The molecule has 5 N–H and O–H groups in total. The maximum absolute atomic E-state index is 10.6. The van der Waals surface area contributed by atoms with E-state index in [2.05, 4.69) is 10.4 Å². The number of rotatable bonds is 3. The highest BCUT2D eigenvalue weighted by molar-refractivity contribution is 5.89. The molecular formula is C8H10ClN3O3. The number of aromatic hydroxyl groups is 1. The number of carboxylic acids is 1. The summed E-state index contributed by atoms with van der Waals surface area (Å²) >= 11 is 0. The number of benzene rings is 1. The Bertz CT molecular complexity index is 381. The molecule has 0 aliphatic heterocycles. The summed E-state index contributed by atoms with van der Waals surface area (Å²) in [5.74, 6) is 3.74. The zero-order chi connectivity index (χ0) is 10.6. The summed E-state index contributed by atoms with van der Waals surface area (Å²) in [6.45, 7) is 0. The second kappa shape index (κ2) is 5.84. The van der Waals surface area contributed by atoms with Crippen molar-refractivity contribution in [3.63, 3.8) is 0 Å². The third-order valence-electron chi connectivity index (χ3n) is 1.50. The molecule has 1 aromatic rings. The molecule has 7 heteroatoms. The Morgan fingerprint density at radius 2 is 2.20 bits per heavy atom. The minimum Gasteiger partial charge on any atom is -0.506 e. The first kappa shape index (κ1) is 13.2. The molecule has 0 saturated heterocycles. The third kappa shape index (κ3) is 3.45. The minimum absolute atomic E-state index is 0. The predicted octanol–water partition coefficient (Wildman–Crippen LogP) is 0.635. The molecule has 0 unspecified atom stereocenters. The fourth-order valence-corrected chi connectivity index (χ4v) is 0.867. The van der Waals surface area contributed by atoms with Crippen LogP contribution in [0.3, 0.4) is 0 Å². The van der Waals surface area contributed by atoms with Crippen molar-refractivity contribution in [1.29, 1.82) is 0 Å². The van der Waals surface area contributed by atoms with Crippen LogP contribution in [0.2, 0.25) is 0 Å². The van der Waals surface area contributed by atoms with E-state index in [1.165, 1.54) is 18.2 Å². The van der Waals surface area contributed by atoms with Gasteiger partial charge in [0.1, 0.15) is 17.8 Å². The van der Waals surface area contributed by atoms with Crippen LogP contribution < -0.4 is 11.3 Å². The Morgan fingerprint density at radius 1 is 1.53 bits per heavy atom. The zero-order valence-electron chi connectivity index (χ0n) is 7.54. The Hall–Kier alpha value is -1.79. The molecule has 0 spiro atoms. The van der Waals surface area contributed by atoms with Gasteiger partial charge in [0.2, 0.25) is 0 Å². The number of phenolic OH excluding ortho intramolecular Hbond substituents is 1. The molecule has 0 radical (unpaired) electrons. The van der Waals surface area contributed by atoms with Gasteiger partial charge in [-0.3, -0.25) is 0 Å². The Morgan fingerprint density at radius 3 is 2.73 bits per heavy atom. The van der Waals surface area contributed by atoms with E-state index in [0.29, 0.717) is 0 Å². The van der Waals surface area contributed by atoms with Gasteiger partial charge in [-0.2, -0.15) is 0 Å². The topological polar surface area (TPSA) is 108 Å². The molecule has 0 saturated carbocycles. The van der Waals surface area contributed by atoms with Crippen LogP contribution in [0, 0.1) is 0 Å². The fraction of sp³-hybridized carbons (Fsp3) is 0. The van der Waals surface area contributed by atoms with Crippen molar-refractivity contribution in [1.82, 2.24) is 5.43 Å². The van der Waals surface area contributed by atoms with Gasteiger partial charge in [0.25, 0.3) is 0 Å². The van der Waals surface area contributed by atoms with Gasteiger partial charge in [0, 0.05) is 0 Å². The lowest BCUT2D eigenvalue weighted by atomic mass is 10.2. The van der Waals surface area contributed by atoms with E-state index in [9.17, 15) is 9.90 Å². The second-order valence-corrected chi connectivity index (χ2v) is 2.43. The van der Waals surface area contributed by atoms with E-state index in [1.54, 1.807) is 0 Å². The van der Waals surface area contributed by atoms with Crippen LogP contribution in [0.5, 0.6) is 5.75 Å². The van der Waals surface area contributed by atoms with Crippen molar-refractivity contribution in [3.8, 4) is 5.75 Å². The number of aromatic carboxylic acids is 1. The standard InChI is InChI=1S/C8H9N3O3.ClH/c9-11-4-10-6-3-5(8(13)14)1-2-7(6)12;/h1-4,12H,9H2,(H,10,11)(H,13,14);1H. The van der Waals surface area contributed by atoms with Gasteiger partial charge in [-0.1, -0.05) is 0 Å². The molecule has 0 aliphatic carbocycles. The molecule has 0 amide bonds. The highest BCUT2D eigenvalue weighted by Crippen LogP contribution is 2.26. The number of hydrazine groups is 1. The van der Waals surface area contributed by atoms with Crippen LogP contribution in [0.4, 0.5) is 5.69 Å². The monoisotopic (exact) mass is 231 g/mol. The zero-order valence-corrected chi connectivity index (χ0v) is 8.36. The predicted molar refractivity (Wildman–Crippen MR) is 57.8 cm³/mol. The van der Waals surface area contributed by atoms with Crippen molar-refractivity contribution in [2.24, 2.45) is 10.8 Å². The average molecular weight is 232 g/mol. The smallest absolute Gasteiger partial charge is 0.335 e. The highest BCUT2D eigenvalue weighted by atomic mass is 35.5. The summed E-state index contributed by atoms with van der Waals surface area (Å²) in [6.07, 6.45) is 1.14. The molecule has 0 aromatic heterocycles. The van der Waals surface area contributed by atoms with Crippen LogP contribution in [-0.4, -0.2) is 22.5 Å². The molecule has 1 aromatic carbocycles. The maximum Gasteiger partial charge on any atom is 0.335 e. The summed E-state index contributed by atoms with van der Waals surface area (Å²) in [7, 11) is 0. The number of halogens is 1. The van der Waals surface area contributed by atoms with Crippen molar-refractivity contribution >= 4 is 30.4 Å². The normalized spacial score (nSPS) is 9.67. The van der Waals surface area contributed by atoms with Crippen molar-refractivity contribution in [3.05, 3.63) is 23.8 Å². The van der Waals surface area contributed by atoms with E-state index in [-0.39, 0.29) is 29.4 Å². The number of hydrogen-bond acceptors (Lipinski definition) is 4. The first-order chi connectivity index (χ1) is 6.65. The number of hydrogen-bond donors (Lipinski definition) is 4. The molecule has 0 atom stereocenters. The molecule has 0 aliphatic rings. The van der Waals surface area contributed by atoms with Crippen LogP contribution in [-0.2, 0) is 0 Å². The van der Waals surface area contributed by atoms with Gasteiger partial charge >= 0.3 is 5.97 Å². The van der Waals surface area contributed by atoms with E-state index < -0.39 is 5.97 Å². The molecule has 0 fully saturated rings. The third-order valence-corrected chi connectivity index (χ3v) is 1.50. The van der Waals surface area contributed by atoms with Gasteiger partial charge < -0.3 is 15.6 Å². The Balaban J connectivity index is 0.00000196. The molecule has 1 rings (SSSR count). The van der Waals surface area contributed by atoms with Crippen LogP contribution in [0.25, 0.3) is 0 Å². The van der Waals surface area contributed by atoms with Gasteiger partial charge in [-0.15, -0.1) is 12.4 Å². The molecular weight excluding hydrogens is 222 g/mol. The number of phenols is 1. The van der Waals surface area contributed by atoms with Crippen molar-refractivity contribution in [2.75, 3.05) is 0 Å². The second-order valence-electron chi connectivity index (χ2n) is 2.43. The first-order valence-electron chi connectivity index (χ1n) is 3.70. The summed E-state index contributed by atoms with van der Waals surface area (Å²) in [5.41, 5.74) is 2.33. The number of nitrogens with two attached hydrogens (primary N) is 1. The number of aliphatic imine (C=N–C) groups is 1. The van der Waals surface area contributed by atoms with Crippen molar-refractivity contribution < 1.29 is 15.0 Å². The van der Waals surface area contributed by atoms with E-state index >= 15 is 0 Å². The van der Waals surface area contributed by atoms with Gasteiger partial charge in [0.15, 0.2) is 0 Å². The number of carbonyl (C=O) groups is 1. The van der Waals surface area contributed by atoms with Crippen LogP contribution in [0.15, 0.2) is 23.2 Å². The number of nitrogens with zero attached hydrogens (tertiary/aromatic N) is 1. The largest absolute Gasteiger partial charge is 0.506 e. The molecule has 6 nitrogen and oxygen atoms in total. The van der Waals surface area contributed by atoms with Gasteiger partial charge in [-0.05, 0) is 18.2 Å². The number of carboxylic acid groups (broad SMARTS) is 1. The fourth-order valence-electron chi connectivity index (χ4n) is 0.867. The first-order valence-corrected chi connectivity index (χ1v) is 3.70. The maximum atomic E-state index is 10.6. The summed E-state index contributed by atoms with van der Waals surface area (Å²) in [6, 6.07) is 3.78. The molecule has 0 heterocycles. The summed E-state index contributed by atoms with van der Waals surface area (Å²) in [4.78, 5) is 14.3. The molecule has 0 bridgehead atoms.